The molecule has 15 heteroatoms. The molecule has 1 unspecified atom stereocenters. The number of rotatable bonds is 13. The molecule has 3 aliphatic rings. The molecule has 5 amide bonds. The van der Waals surface area contributed by atoms with Gasteiger partial charge in [0.2, 0.25) is 29.9 Å². The molecule has 0 radical (unpaired) electrons. The van der Waals surface area contributed by atoms with Gasteiger partial charge in [0.25, 0.3) is 11.8 Å². The van der Waals surface area contributed by atoms with Crippen molar-refractivity contribution in [1.29, 1.82) is 0 Å². The Morgan fingerprint density at radius 1 is 0.979 bits per heavy atom. The van der Waals surface area contributed by atoms with Crippen LogP contribution in [0.25, 0.3) is 0 Å². The van der Waals surface area contributed by atoms with Crippen LogP contribution in [0.2, 0.25) is 0 Å². The second-order valence-electron chi connectivity index (χ2n) is 14.2. The maximum atomic E-state index is 14.3. The lowest BCUT2D eigenvalue weighted by Crippen LogP contribution is -2.62. The molecule has 4 rings (SSSR count). The Bertz CT molecular complexity index is 1350. The first-order chi connectivity index (χ1) is 22.1. The summed E-state index contributed by atoms with van der Waals surface area (Å²) in [5, 5.41) is 10.3. The third-order valence-corrected chi connectivity index (χ3v) is 9.06. The average molecular weight is 662 g/mol. The zero-order valence-electron chi connectivity index (χ0n) is 27.4. The minimum Gasteiger partial charge on any atom is -0.347 e. The van der Waals surface area contributed by atoms with E-state index in [1.807, 2.05) is 0 Å². The van der Waals surface area contributed by atoms with Crippen molar-refractivity contribution < 1.29 is 37.5 Å². The number of hydrogen-bond donors (Lipinski definition) is 4. The molecule has 6 atom stereocenters. The van der Waals surface area contributed by atoms with E-state index >= 15 is 0 Å². The fourth-order valence-electron chi connectivity index (χ4n) is 6.39. The topological polar surface area (TPSA) is 180 Å². The number of fused-ring (bicyclic) bond motifs is 1. The van der Waals surface area contributed by atoms with E-state index in [1.54, 1.807) is 34.6 Å². The maximum absolute atomic E-state index is 14.3. The van der Waals surface area contributed by atoms with Crippen LogP contribution in [0.15, 0.2) is 18.6 Å². The summed E-state index contributed by atoms with van der Waals surface area (Å²) in [6.07, 6.45) is 3.54. The molecule has 13 nitrogen and oxygen atoms in total. The zero-order valence-corrected chi connectivity index (χ0v) is 27.4. The van der Waals surface area contributed by atoms with Crippen molar-refractivity contribution in [2.45, 2.75) is 110 Å². The monoisotopic (exact) mass is 661 g/mol. The van der Waals surface area contributed by atoms with Gasteiger partial charge < -0.3 is 26.2 Å². The largest absolute Gasteiger partial charge is 0.347 e. The van der Waals surface area contributed by atoms with E-state index in [1.165, 1.54) is 23.5 Å². The summed E-state index contributed by atoms with van der Waals surface area (Å²) in [7, 11) is 0. The third kappa shape index (κ3) is 8.86. The predicted molar refractivity (Wildman–Crippen MR) is 165 cm³/mol. The van der Waals surface area contributed by atoms with Crippen molar-refractivity contribution in [3.8, 4) is 0 Å². The molecular formula is C32H45F2N7O6. The summed E-state index contributed by atoms with van der Waals surface area (Å²) in [6.45, 7) is 8.93. The van der Waals surface area contributed by atoms with Gasteiger partial charge in [-0.1, -0.05) is 41.0 Å². The molecule has 1 saturated heterocycles. The van der Waals surface area contributed by atoms with Crippen molar-refractivity contribution >= 4 is 35.3 Å². The summed E-state index contributed by atoms with van der Waals surface area (Å²) in [6, 6.07) is -5.21. The van der Waals surface area contributed by atoms with Crippen molar-refractivity contribution in [2.24, 2.45) is 23.2 Å². The van der Waals surface area contributed by atoms with Crippen LogP contribution in [0.4, 0.5) is 8.78 Å². The smallest absolute Gasteiger partial charge is 0.289 e. The van der Waals surface area contributed by atoms with Gasteiger partial charge in [-0.3, -0.25) is 33.8 Å². The standard InChI is InChI=1S/C32H45F2N7O6/c1-16(2)23(39-27(43)21-14-35-11-12-36-21)28(44)40-26(32(3,4)5)31(47)41-15-17-7-6-8-19(17)24(41)29(45)38-20(13-22(33)34)25(42)30(46)37-18-9-10-18/h11-12,14,16-20,22-24,26H,6-10,13,15H2,1-5H3,(H,37,46)(H,38,45)(H,39,43)(H,40,44)/t17-,19-,20?,23-,24-,26+/m0/s1. The van der Waals surface area contributed by atoms with Crippen molar-refractivity contribution in [2.75, 3.05) is 6.54 Å². The Morgan fingerprint density at radius 2 is 1.68 bits per heavy atom. The quantitative estimate of drug-likeness (QED) is 0.229. The average Bonchev–Trinajstić information content (AvgIpc) is 3.57. The lowest BCUT2D eigenvalue weighted by atomic mass is 9.85. The number of carbonyl (C=O) groups excluding carboxylic acids is 6. The van der Waals surface area contributed by atoms with Gasteiger partial charge >= 0.3 is 0 Å². The molecular weight excluding hydrogens is 616 g/mol. The number of hydrogen-bond acceptors (Lipinski definition) is 8. The van der Waals surface area contributed by atoms with Gasteiger partial charge in [0, 0.05) is 31.4 Å². The van der Waals surface area contributed by atoms with E-state index in [0.29, 0.717) is 19.3 Å². The Morgan fingerprint density at radius 3 is 2.26 bits per heavy atom. The number of nitrogens with zero attached hydrogens (tertiary/aromatic N) is 3. The molecule has 47 heavy (non-hydrogen) atoms. The summed E-state index contributed by atoms with van der Waals surface area (Å²) in [5.74, 6) is -5.46. The minimum absolute atomic E-state index is 0.0144. The number of ketones is 1. The third-order valence-electron chi connectivity index (χ3n) is 9.06. The first kappa shape index (κ1) is 35.8. The van der Waals surface area contributed by atoms with Crippen LogP contribution >= 0.6 is 0 Å². The van der Waals surface area contributed by atoms with E-state index < -0.39 is 77.7 Å². The highest BCUT2D eigenvalue weighted by Gasteiger charge is 2.52. The van der Waals surface area contributed by atoms with Crippen molar-refractivity contribution in [3.63, 3.8) is 0 Å². The molecule has 1 aromatic heterocycles. The van der Waals surface area contributed by atoms with Crippen molar-refractivity contribution in [1.82, 2.24) is 36.1 Å². The summed E-state index contributed by atoms with van der Waals surface area (Å²) in [4.78, 5) is 89.1. The van der Waals surface area contributed by atoms with Crippen LogP contribution in [0.5, 0.6) is 0 Å². The fourth-order valence-corrected chi connectivity index (χ4v) is 6.39. The van der Waals surface area contributed by atoms with Gasteiger partial charge in [-0.05, 0) is 48.9 Å². The molecule has 1 aliphatic heterocycles. The van der Waals surface area contributed by atoms with Gasteiger partial charge in [-0.25, -0.2) is 13.8 Å². The fraction of sp³-hybridized carbons (Fsp3) is 0.688. The van der Waals surface area contributed by atoms with E-state index in [4.69, 9.17) is 0 Å². The first-order valence-corrected chi connectivity index (χ1v) is 16.2. The molecule has 2 aliphatic carbocycles. The van der Waals surface area contributed by atoms with Gasteiger partial charge in [-0.15, -0.1) is 0 Å². The van der Waals surface area contributed by atoms with E-state index in [9.17, 15) is 37.5 Å². The van der Waals surface area contributed by atoms with E-state index in [2.05, 4.69) is 31.2 Å². The van der Waals surface area contributed by atoms with Crippen LogP contribution in [0.1, 0.15) is 83.6 Å². The normalized spacial score (nSPS) is 22.7. The summed E-state index contributed by atoms with van der Waals surface area (Å²) in [5.41, 5.74) is -0.836. The van der Waals surface area contributed by atoms with Crippen LogP contribution in [0.3, 0.4) is 0 Å². The zero-order chi connectivity index (χ0) is 34.6. The summed E-state index contributed by atoms with van der Waals surface area (Å²) >= 11 is 0. The molecule has 0 spiro atoms. The lowest BCUT2D eigenvalue weighted by Gasteiger charge is -2.37. The minimum atomic E-state index is -2.97. The van der Waals surface area contributed by atoms with Gasteiger partial charge in [0.1, 0.15) is 29.9 Å². The molecule has 4 N–H and O–H groups in total. The van der Waals surface area contributed by atoms with Gasteiger partial charge in [0.15, 0.2) is 0 Å². The molecule has 0 bridgehead atoms. The highest BCUT2D eigenvalue weighted by atomic mass is 19.3. The second-order valence-corrected chi connectivity index (χ2v) is 14.2. The number of likely N-dealkylation sites (tertiary alicyclic amines) is 1. The lowest BCUT2D eigenvalue weighted by molar-refractivity contribution is -0.146. The number of aromatic nitrogens is 2. The maximum Gasteiger partial charge on any atom is 0.289 e. The molecule has 0 aromatic carbocycles. The van der Waals surface area contributed by atoms with Crippen LogP contribution in [-0.4, -0.2) is 93.4 Å². The second kappa shape index (κ2) is 14.8. The predicted octanol–water partition coefficient (Wildman–Crippen LogP) is 1.38. The molecule has 2 saturated carbocycles. The first-order valence-electron chi connectivity index (χ1n) is 16.2. The van der Waals surface area contributed by atoms with E-state index in [0.717, 1.165) is 12.8 Å². The van der Waals surface area contributed by atoms with Crippen LogP contribution < -0.4 is 21.3 Å². The van der Waals surface area contributed by atoms with Crippen molar-refractivity contribution in [3.05, 3.63) is 24.3 Å². The highest BCUT2D eigenvalue weighted by Crippen LogP contribution is 2.43. The number of halogens is 2. The molecule has 258 valence electrons. The molecule has 2 heterocycles. The number of alkyl halides is 2. The van der Waals surface area contributed by atoms with E-state index in [-0.39, 0.29) is 36.0 Å². The SMILES string of the molecule is CC(C)[C@H](NC(=O)c1cnccn1)C(=O)N[C@H](C(=O)N1C[C@@H]2CCC[C@@H]2[C@H]1C(=O)NC(CC(F)F)C(=O)C(=O)NC1CC1)C(C)(C)C. The summed E-state index contributed by atoms with van der Waals surface area (Å²) < 4.78 is 27.0. The Kier molecular flexibility index (Phi) is 11.3. The van der Waals surface area contributed by atoms with Gasteiger partial charge in [-0.2, -0.15) is 0 Å². The van der Waals surface area contributed by atoms with Crippen LogP contribution in [-0.2, 0) is 24.0 Å². The Hall–Kier alpha value is -4.04. The molecule has 1 aromatic rings. The Balaban J connectivity index is 1.54. The van der Waals surface area contributed by atoms with Gasteiger partial charge in [0.05, 0.1) is 6.20 Å². The highest BCUT2D eigenvalue weighted by molar-refractivity contribution is 6.38. The Labute approximate surface area is 272 Å². The number of carbonyl (C=O) groups is 6. The van der Waals surface area contributed by atoms with Crippen LogP contribution in [0, 0.1) is 23.2 Å². The molecule has 3 fully saturated rings. The number of amides is 5. The number of nitrogens with one attached hydrogen (secondary N) is 4. The number of Topliss-reactive ketones (excluding diaryl/α,β-unsaturated/α-hetero) is 1.